The first-order valence-corrected chi connectivity index (χ1v) is 10.2. The summed E-state index contributed by atoms with van der Waals surface area (Å²) in [7, 11) is 0. The van der Waals surface area contributed by atoms with Crippen LogP contribution in [-0.2, 0) is 12.8 Å². The number of rotatable bonds is 5. The molecule has 0 bridgehead atoms. The van der Waals surface area contributed by atoms with E-state index in [1.165, 1.54) is 33.5 Å². The largest absolute Gasteiger partial charge is 0.508 e. The summed E-state index contributed by atoms with van der Waals surface area (Å²) < 4.78 is 0. The monoisotopic (exact) mass is 371 g/mol. The quantitative estimate of drug-likeness (QED) is 0.590. The van der Waals surface area contributed by atoms with Crippen molar-refractivity contribution in [3.05, 3.63) is 94.0 Å². The summed E-state index contributed by atoms with van der Waals surface area (Å²) in [6.45, 7) is 7.61. The van der Waals surface area contributed by atoms with Gasteiger partial charge in [0.2, 0.25) is 0 Å². The number of aryl methyl sites for hydroxylation is 3. The van der Waals surface area contributed by atoms with Crippen molar-refractivity contribution in [2.24, 2.45) is 0 Å². The third-order valence-corrected chi connectivity index (χ3v) is 6.21. The first-order chi connectivity index (χ1) is 13.6. The van der Waals surface area contributed by atoms with E-state index in [-0.39, 0.29) is 6.04 Å². The lowest BCUT2D eigenvalue weighted by molar-refractivity contribution is 0.454. The minimum Gasteiger partial charge on any atom is -0.508 e. The van der Waals surface area contributed by atoms with Crippen molar-refractivity contribution in [1.29, 1.82) is 0 Å². The van der Waals surface area contributed by atoms with Gasteiger partial charge in [0.1, 0.15) is 5.75 Å². The minimum atomic E-state index is 0.169. The second-order valence-corrected chi connectivity index (χ2v) is 8.01. The molecule has 1 aliphatic heterocycles. The normalized spacial score (nSPS) is 14.2. The van der Waals surface area contributed by atoms with Gasteiger partial charge in [-0.05, 0) is 73.9 Å². The summed E-state index contributed by atoms with van der Waals surface area (Å²) in [6, 6.07) is 21.2. The third-order valence-electron chi connectivity index (χ3n) is 6.21. The smallest absolute Gasteiger partial charge is 0.120 e. The van der Waals surface area contributed by atoms with Gasteiger partial charge in [0.15, 0.2) is 0 Å². The Labute approximate surface area is 168 Å². The molecule has 144 valence electrons. The number of phenolic OH excluding ortho intramolecular Hbond substituents is 1. The molecule has 0 amide bonds. The molecule has 4 rings (SSSR count). The third kappa shape index (κ3) is 3.40. The molecule has 1 N–H and O–H groups in total. The van der Waals surface area contributed by atoms with E-state index >= 15 is 0 Å². The van der Waals surface area contributed by atoms with E-state index in [1.54, 1.807) is 0 Å². The van der Waals surface area contributed by atoms with E-state index < -0.39 is 0 Å². The average molecular weight is 372 g/mol. The number of anilines is 1. The van der Waals surface area contributed by atoms with Crippen LogP contribution in [0.1, 0.15) is 45.8 Å². The Balaban J connectivity index is 1.72. The molecule has 28 heavy (non-hydrogen) atoms. The molecule has 0 radical (unpaired) electrons. The van der Waals surface area contributed by atoms with E-state index in [1.807, 2.05) is 18.2 Å². The van der Waals surface area contributed by atoms with E-state index in [9.17, 15) is 5.11 Å². The van der Waals surface area contributed by atoms with Gasteiger partial charge < -0.3 is 10.0 Å². The highest BCUT2D eigenvalue weighted by molar-refractivity contribution is 5.64. The molecule has 1 aliphatic rings. The zero-order valence-electron chi connectivity index (χ0n) is 17.1. The van der Waals surface area contributed by atoms with Crippen LogP contribution in [0.5, 0.6) is 5.75 Å². The molecule has 1 atom stereocenters. The van der Waals surface area contributed by atoms with Gasteiger partial charge in [0.25, 0.3) is 0 Å². The van der Waals surface area contributed by atoms with E-state index in [0.717, 1.165) is 31.4 Å². The predicted molar refractivity (Wildman–Crippen MR) is 117 cm³/mol. The Morgan fingerprint density at radius 1 is 0.857 bits per heavy atom. The molecule has 0 aromatic heterocycles. The SMILES string of the molecule is Cc1cccc(C)c1CC[C@H](c1ccccc1O)N1CCc2cccc(C)c21. The molecule has 2 heteroatoms. The van der Waals surface area contributed by atoms with Crippen LogP contribution in [-0.4, -0.2) is 11.7 Å². The molecule has 1 heterocycles. The second-order valence-electron chi connectivity index (χ2n) is 8.01. The number of nitrogens with zero attached hydrogens (tertiary/aromatic N) is 1. The number of hydrogen-bond acceptors (Lipinski definition) is 2. The number of benzene rings is 3. The molecular weight excluding hydrogens is 342 g/mol. The van der Waals surface area contributed by atoms with Crippen molar-refractivity contribution in [1.82, 2.24) is 0 Å². The van der Waals surface area contributed by atoms with Crippen molar-refractivity contribution in [3.63, 3.8) is 0 Å². The summed E-state index contributed by atoms with van der Waals surface area (Å²) in [5, 5.41) is 10.6. The number of para-hydroxylation sites is 2. The van der Waals surface area contributed by atoms with E-state index in [2.05, 4.69) is 68.1 Å². The van der Waals surface area contributed by atoms with E-state index in [4.69, 9.17) is 0 Å². The summed E-state index contributed by atoms with van der Waals surface area (Å²) in [4.78, 5) is 2.52. The fourth-order valence-corrected chi connectivity index (χ4v) is 4.77. The van der Waals surface area contributed by atoms with Crippen molar-refractivity contribution in [2.45, 2.75) is 46.1 Å². The van der Waals surface area contributed by atoms with Crippen LogP contribution >= 0.6 is 0 Å². The van der Waals surface area contributed by atoms with Gasteiger partial charge in [-0.15, -0.1) is 0 Å². The van der Waals surface area contributed by atoms with Crippen LogP contribution in [0.15, 0.2) is 60.7 Å². The lowest BCUT2D eigenvalue weighted by Crippen LogP contribution is -2.28. The molecule has 3 aromatic rings. The van der Waals surface area contributed by atoms with Crippen molar-refractivity contribution in [2.75, 3.05) is 11.4 Å². The van der Waals surface area contributed by atoms with Gasteiger partial charge in [-0.3, -0.25) is 0 Å². The van der Waals surface area contributed by atoms with Gasteiger partial charge in [-0.2, -0.15) is 0 Å². The Morgan fingerprint density at radius 3 is 2.29 bits per heavy atom. The first-order valence-electron chi connectivity index (χ1n) is 10.2. The maximum Gasteiger partial charge on any atom is 0.120 e. The molecule has 0 saturated heterocycles. The molecule has 0 spiro atoms. The summed E-state index contributed by atoms with van der Waals surface area (Å²) in [5.74, 6) is 0.399. The van der Waals surface area contributed by atoms with Gasteiger partial charge in [0.05, 0.1) is 6.04 Å². The molecule has 0 saturated carbocycles. The van der Waals surface area contributed by atoms with Crippen LogP contribution in [0.25, 0.3) is 0 Å². The molecule has 0 aliphatic carbocycles. The molecule has 0 unspecified atom stereocenters. The molecular formula is C26H29NO. The standard InChI is InChI=1S/C26H29NO/c1-18-8-6-9-19(2)22(18)14-15-24(23-12-4-5-13-25(23)28)27-17-16-21-11-7-10-20(3)26(21)27/h4-13,24,28H,14-17H2,1-3H3/t24-/m1/s1. The summed E-state index contributed by atoms with van der Waals surface area (Å²) >= 11 is 0. The molecule has 2 nitrogen and oxygen atoms in total. The molecule has 3 aromatic carbocycles. The lowest BCUT2D eigenvalue weighted by atomic mass is 9.92. The first kappa shape index (κ1) is 18.6. The van der Waals surface area contributed by atoms with Crippen LogP contribution in [0.3, 0.4) is 0 Å². The average Bonchev–Trinajstić information content (AvgIpc) is 3.11. The van der Waals surface area contributed by atoms with Crippen molar-refractivity contribution in [3.8, 4) is 5.75 Å². The highest BCUT2D eigenvalue weighted by Gasteiger charge is 2.29. The fourth-order valence-electron chi connectivity index (χ4n) is 4.77. The highest BCUT2D eigenvalue weighted by atomic mass is 16.3. The minimum absolute atomic E-state index is 0.169. The Bertz CT molecular complexity index is 971. The number of aromatic hydroxyl groups is 1. The zero-order valence-corrected chi connectivity index (χ0v) is 17.1. The van der Waals surface area contributed by atoms with Crippen LogP contribution in [0, 0.1) is 20.8 Å². The second kappa shape index (κ2) is 7.71. The van der Waals surface area contributed by atoms with Crippen LogP contribution < -0.4 is 4.90 Å². The Kier molecular flexibility index (Phi) is 5.13. The topological polar surface area (TPSA) is 23.5 Å². The molecule has 0 fully saturated rings. The van der Waals surface area contributed by atoms with Gasteiger partial charge in [0, 0.05) is 17.8 Å². The van der Waals surface area contributed by atoms with Crippen molar-refractivity contribution >= 4 is 5.69 Å². The van der Waals surface area contributed by atoms with Crippen LogP contribution in [0.4, 0.5) is 5.69 Å². The number of phenols is 1. The zero-order chi connectivity index (χ0) is 19.7. The van der Waals surface area contributed by atoms with Crippen LogP contribution in [0.2, 0.25) is 0 Å². The van der Waals surface area contributed by atoms with Gasteiger partial charge >= 0.3 is 0 Å². The highest BCUT2D eigenvalue weighted by Crippen LogP contribution is 2.41. The summed E-state index contributed by atoms with van der Waals surface area (Å²) in [5.41, 5.74) is 9.28. The number of hydrogen-bond donors (Lipinski definition) is 1. The maximum atomic E-state index is 10.6. The van der Waals surface area contributed by atoms with Gasteiger partial charge in [-0.25, -0.2) is 0 Å². The fraction of sp³-hybridized carbons (Fsp3) is 0.308. The Morgan fingerprint density at radius 2 is 1.54 bits per heavy atom. The van der Waals surface area contributed by atoms with Crippen molar-refractivity contribution < 1.29 is 5.11 Å². The summed E-state index contributed by atoms with van der Waals surface area (Å²) in [6.07, 6.45) is 3.07. The Hall–Kier alpha value is -2.74. The number of fused-ring (bicyclic) bond motifs is 1. The lowest BCUT2D eigenvalue weighted by Gasteiger charge is -2.32. The predicted octanol–water partition coefficient (Wildman–Crippen LogP) is 6.05. The van der Waals surface area contributed by atoms with E-state index in [0.29, 0.717) is 5.75 Å². The van der Waals surface area contributed by atoms with Gasteiger partial charge in [-0.1, -0.05) is 54.6 Å². The maximum absolute atomic E-state index is 10.6.